The summed E-state index contributed by atoms with van der Waals surface area (Å²) in [5, 5.41) is 4.62. The molecule has 1 heterocycles. The minimum Gasteiger partial charge on any atom is -0.318 e. The van der Waals surface area contributed by atoms with Gasteiger partial charge in [0.05, 0.1) is 6.21 Å². The Kier molecular flexibility index (Phi) is 5.77. The molecule has 1 aromatic heterocycles. The molecular weight excluding hydrogens is 358 g/mol. The van der Waals surface area contributed by atoms with Crippen molar-refractivity contribution in [2.45, 2.75) is 27.2 Å². The van der Waals surface area contributed by atoms with Crippen molar-refractivity contribution in [1.29, 1.82) is 0 Å². The molecule has 27 heavy (non-hydrogen) atoms. The molecule has 0 aliphatic carbocycles. The smallest absolute Gasteiger partial charge is 0.271 e. The van der Waals surface area contributed by atoms with Gasteiger partial charge in [-0.1, -0.05) is 36.7 Å². The van der Waals surface area contributed by atoms with E-state index in [9.17, 15) is 4.79 Å². The quantitative estimate of drug-likeness (QED) is 0.488. The Labute approximate surface area is 164 Å². The summed E-state index contributed by atoms with van der Waals surface area (Å²) in [5.74, 6) is -0.294. The average molecular weight is 380 g/mol. The van der Waals surface area contributed by atoms with Gasteiger partial charge in [0, 0.05) is 33.2 Å². The van der Waals surface area contributed by atoms with Crippen molar-refractivity contribution in [3.8, 4) is 5.69 Å². The van der Waals surface area contributed by atoms with Gasteiger partial charge in [0.2, 0.25) is 0 Å². The van der Waals surface area contributed by atoms with Crippen LogP contribution in [-0.2, 0) is 6.42 Å². The predicted molar refractivity (Wildman–Crippen MR) is 111 cm³/mol. The molecular formula is C22H22ClN3O. The summed E-state index contributed by atoms with van der Waals surface area (Å²) >= 11 is 5.92. The number of hydrazone groups is 1. The zero-order valence-electron chi connectivity index (χ0n) is 15.7. The number of aromatic nitrogens is 1. The van der Waals surface area contributed by atoms with Crippen LogP contribution in [0.2, 0.25) is 5.02 Å². The highest BCUT2D eigenvalue weighted by Gasteiger charge is 2.10. The van der Waals surface area contributed by atoms with Crippen molar-refractivity contribution < 1.29 is 4.79 Å². The Bertz CT molecular complexity index is 987. The fourth-order valence-corrected chi connectivity index (χ4v) is 3.24. The number of hydrogen-bond donors (Lipinski definition) is 1. The number of rotatable bonds is 5. The molecule has 0 radical (unpaired) electrons. The molecule has 0 saturated carbocycles. The number of nitrogens with zero attached hydrogens (tertiary/aromatic N) is 2. The van der Waals surface area contributed by atoms with Crippen LogP contribution >= 0.6 is 11.6 Å². The van der Waals surface area contributed by atoms with Gasteiger partial charge in [0.25, 0.3) is 5.91 Å². The predicted octanol–water partition coefficient (Wildman–Crippen LogP) is 5.07. The van der Waals surface area contributed by atoms with Crippen molar-refractivity contribution in [2.24, 2.45) is 5.10 Å². The van der Waals surface area contributed by atoms with Crippen LogP contribution in [0.25, 0.3) is 5.69 Å². The molecule has 5 heteroatoms. The second-order valence-corrected chi connectivity index (χ2v) is 6.83. The molecule has 0 aliphatic rings. The van der Waals surface area contributed by atoms with Gasteiger partial charge >= 0.3 is 0 Å². The summed E-state index contributed by atoms with van der Waals surface area (Å²) in [7, 11) is 0. The molecule has 3 aromatic rings. The number of nitrogens with one attached hydrogen (secondary N) is 1. The summed E-state index contributed by atoms with van der Waals surface area (Å²) in [5.41, 5.74) is 8.58. The molecule has 138 valence electrons. The van der Waals surface area contributed by atoms with Crippen LogP contribution < -0.4 is 5.43 Å². The fraction of sp³-hybridized carbons (Fsp3) is 0.182. The maximum absolute atomic E-state index is 12.1. The number of carbonyl (C=O) groups is 1. The molecule has 0 atom stereocenters. The van der Waals surface area contributed by atoms with Gasteiger partial charge in [-0.2, -0.15) is 5.10 Å². The maximum atomic E-state index is 12.1. The van der Waals surface area contributed by atoms with Crippen LogP contribution in [0, 0.1) is 13.8 Å². The standard InChI is InChI=1S/C22H22ClN3O/c1-4-17-8-10-21(11-9-17)26-15(2)12-19(16(26)3)14-24-25-22(27)18-6-5-7-20(23)13-18/h5-14H,4H2,1-3H3,(H,25,27)/b24-14-. The Hall–Kier alpha value is -2.85. The van der Waals surface area contributed by atoms with E-state index in [4.69, 9.17) is 11.6 Å². The Morgan fingerprint density at radius 2 is 1.89 bits per heavy atom. The molecule has 4 nitrogen and oxygen atoms in total. The largest absolute Gasteiger partial charge is 0.318 e. The second kappa shape index (κ2) is 8.23. The summed E-state index contributed by atoms with van der Waals surface area (Å²) in [6.45, 7) is 6.25. The van der Waals surface area contributed by atoms with Crippen molar-refractivity contribution in [3.05, 3.63) is 87.7 Å². The van der Waals surface area contributed by atoms with Gasteiger partial charge in [0.1, 0.15) is 0 Å². The van der Waals surface area contributed by atoms with Crippen molar-refractivity contribution in [2.75, 3.05) is 0 Å². The van der Waals surface area contributed by atoms with Crippen molar-refractivity contribution in [3.63, 3.8) is 0 Å². The average Bonchev–Trinajstić information content (AvgIpc) is 2.95. The van der Waals surface area contributed by atoms with Crippen LogP contribution in [0.4, 0.5) is 0 Å². The first-order valence-corrected chi connectivity index (χ1v) is 9.24. The van der Waals surface area contributed by atoms with Crippen molar-refractivity contribution in [1.82, 2.24) is 9.99 Å². The topological polar surface area (TPSA) is 46.4 Å². The lowest BCUT2D eigenvalue weighted by atomic mass is 10.1. The van der Waals surface area contributed by atoms with E-state index in [-0.39, 0.29) is 5.91 Å². The van der Waals surface area contributed by atoms with Crippen LogP contribution in [0.15, 0.2) is 59.7 Å². The van der Waals surface area contributed by atoms with E-state index in [1.54, 1.807) is 30.5 Å². The second-order valence-electron chi connectivity index (χ2n) is 6.39. The lowest BCUT2D eigenvalue weighted by molar-refractivity contribution is 0.0955. The first-order chi connectivity index (χ1) is 13.0. The normalized spacial score (nSPS) is 11.1. The SMILES string of the molecule is CCc1ccc(-n2c(C)cc(/C=N\NC(=O)c3cccc(Cl)c3)c2C)cc1. The summed E-state index contributed by atoms with van der Waals surface area (Å²) in [4.78, 5) is 12.1. The molecule has 0 unspecified atom stereocenters. The Morgan fingerprint density at radius 3 is 2.56 bits per heavy atom. The van der Waals surface area contributed by atoms with Gasteiger partial charge in [-0.05, 0) is 62.2 Å². The summed E-state index contributed by atoms with van der Waals surface area (Å²) in [6.07, 6.45) is 2.69. The van der Waals surface area contributed by atoms with Gasteiger partial charge < -0.3 is 4.57 Å². The highest BCUT2D eigenvalue weighted by atomic mass is 35.5. The van der Waals surface area contributed by atoms with Gasteiger partial charge in [0.15, 0.2) is 0 Å². The summed E-state index contributed by atoms with van der Waals surface area (Å²) < 4.78 is 2.18. The van der Waals surface area contributed by atoms with E-state index in [1.807, 2.05) is 6.92 Å². The zero-order chi connectivity index (χ0) is 19.4. The van der Waals surface area contributed by atoms with Gasteiger partial charge in [-0.25, -0.2) is 5.43 Å². The third-order valence-electron chi connectivity index (χ3n) is 4.53. The van der Waals surface area contributed by atoms with E-state index >= 15 is 0 Å². The van der Waals surface area contributed by atoms with E-state index in [2.05, 4.69) is 59.3 Å². The van der Waals surface area contributed by atoms with E-state index in [1.165, 1.54) is 5.56 Å². The lowest BCUT2D eigenvalue weighted by Crippen LogP contribution is -2.17. The molecule has 0 spiro atoms. The molecule has 3 rings (SSSR count). The summed E-state index contributed by atoms with van der Waals surface area (Å²) in [6, 6.07) is 17.4. The number of hydrogen-bond acceptors (Lipinski definition) is 2. The highest BCUT2D eigenvalue weighted by Crippen LogP contribution is 2.20. The van der Waals surface area contributed by atoms with E-state index in [0.29, 0.717) is 10.6 Å². The Balaban J connectivity index is 1.77. The molecule has 2 aromatic carbocycles. The van der Waals surface area contributed by atoms with Crippen LogP contribution in [0.1, 0.15) is 39.8 Å². The molecule has 0 fully saturated rings. The third kappa shape index (κ3) is 4.29. The zero-order valence-corrected chi connectivity index (χ0v) is 16.4. The molecule has 0 saturated heterocycles. The highest BCUT2D eigenvalue weighted by molar-refractivity contribution is 6.30. The monoisotopic (exact) mass is 379 g/mol. The van der Waals surface area contributed by atoms with E-state index < -0.39 is 0 Å². The number of carbonyl (C=O) groups excluding carboxylic acids is 1. The number of amides is 1. The third-order valence-corrected chi connectivity index (χ3v) is 4.76. The van der Waals surface area contributed by atoms with Gasteiger partial charge in [-0.15, -0.1) is 0 Å². The first-order valence-electron chi connectivity index (χ1n) is 8.87. The van der Waals surface area contributed by atoms with E-state index in [0.717, 1.165) is 29.1 Å². The molecule has 1 amide bonds. The fourth-order valence-electron chi connectivity index (χ4n) is 3.05. The minimum absolute atomic E-state index is 0.294. The molecule has 0 bridgehead atoms. The Morgan fingerprint density at radius 1 is 1.15 bits per heavy atom. The molecule has 0 aliphatic heterocycles. The van der Waals surface area contributed by atoms with Crippen LogP contribution in [0.3, 0.4) is 0 Å². The minimum atomic E-state index is -0.294. The van der Waals surface area contributed by atoms with Crippen LogP contribution in [-0.4, -0.2) is 16.7 Å². The molecule has 1 N–H and O–H groups in total. The number of aryl methyl sites for hydroxylation is 2. The lowest BCUT2D eigenvalue weighted by Gasteiger charge is -2.10. The first kappa shape index (κ1) is 18.9. The number of benzene rings is 2. The maximum Gasteiger partial charge on any atom is 0.271 e. The van der Waals surface area contributed by atoms with Gasteiger partial charge in [-0.3, -0.25) is 4.79 Å². The number of halogens is 1. The van der Waals surface area contributed by atoms with Crippen molar-refractivity contribution >= 4 is 23.7 Å². The van der Waals surface area contributed by atoms with Crippen LogP contribution in [0.5, 0.6) is 0 Å².